The van der Waals surface area contributed by atoms with Crippen LogP contribution in [0, 0.1) is 5.92 Å². The van der Waals surface area contributed by atoms with Crippen molar-refractivity contribution in [2.45, 2.75) is 31.8 Å². The van der Waals surface area contributed by atoms with E-state index in [0.29, 0.717) is 6.42 Å². The molecule has 0 amide bonds. The topological polar surface area (TPSA) is 58.9 Å². The van der Waals surface area contributed by atoms with E-state index < -0.39 is 12.2 Å². The third-order valence-electron chi connectivity index (χ3n) is 2.23. The van der Waals surface area contributed by atoms with Crippen molar-refractivity contribution in [1.82, 2.24) is 0 Å². The second-order valence-electron chi connectivity index (χ2n) is 3.24. The third-order valence-corrected chi connectivity index (χ3v) is 2.23. The van der Waals surface area contributed by atoms with E-state index in [1.807, 2.05) is 6.92 Å². The minimum absolute atomic E-state index is 0.159. The Hall–Kier alpha value is -0.160. The molecular formula is C8H16O4. The van der Waals surface area contributed by atoms with Gasteiger partial charge in [0.2, 0.25) is 0 Å². The molecule has 0 unspecified atom stereocenters. The van der Waals surface area contributed by atoms with Crippen molar-refractivity contribution < 1.29 is 19.7 Å². The maximum absolute atomic E-state index is 9.41. The van der Waals surface area contributed by atoms with Crippen molar-refractivity contribution in [2.24, 2.45) is 5.92 Å². The van der Waals surface area contributed by atoms with Gasteiger partial charge < -0.3 is 19.7 Å². The molecule has 4 nitrogen and oxygen atoms in total. The van der Waals surface area contributed by atoms with Crippen molar-refractivity contribution >= 4 is 0 Å². The summed E-state index contributed by atoms with van der Waals surface area (Å²) in [5, 5.41) is 18.2. The van der Waals surface area contributed by atoms with E-state index in [9.17, 15) is 5.11 Å². The average molecular weight is 176 g/mol. The van der Waals surface area contributed by atoms with E-state index in [4.69, 9.17) is 14.6 Å². The molecule has 1 fully saturated rings. The Bertz CT molecular complexity index is 125. The number of methoxy groups -OCH3 is 1. The molecule has 0 aromatic heterocycles. The molecule has 0 aromatic carbocycles. The minimum atomic E-state index is -0.573. The van der Waals surface area contributed by atoms with Crippen LogP contribution >= 0.6 is 0 Å². The summed E-state index contributed by atoms with van der Waals surface area (Å²) in [6.07, 6.45) is -0.753. The van der Waals surface area contributed by atoms with Gasteiger partial charge in [-0.25, -0.2) is 0 Å². The van der Waals surface area contributed by atoms with Gasteiger partial charge in [-0.1, -0.05) is 6.92 Å². The molecule has 0 radical (unpaired) electrons. The molecule has 1 aliphatic rings. The SMILES string of the molecule is CO[C@H]1O[C@H](CO)[C@@H](O)C[C@H]1C. The first kappa shape index (κ1) is 9.92. The first-order valence-electron chi connectivity index (χ1n) is 4.16. The predicted molar refractivity (Wildman–Crippen MR) is 42.5 cm³/mol. The van der Waals surface area contributed by atoms with Crippen molar-refractivity contribution in [1.29, 1.82) is 0 Å². The zero-order chi connectivity index (χ0) is 9.14. The summed E-state index contributed by atoms with van der Waals surface area (Å²) < 4.78 is 10.3. The highest BCUT2D eigenvalue weighted by atomic mass is 16.7. The Kier molecular flexibility index (Phi) is 3.46. The van der Waals surface area contributed by atoms with Crippen molar-refractivity contribution in [3.63, 3.8) is 0 Å². The normalized spacial score (nSPS) is 43.0. The molecule has 1 rings (SSSR count). The Morgan fingerprint density at radius 2 is 2.25 bits per heavy atom. The lowest BCUT2D eigenvalue weighted by Crippen LogP contribution is -2.45. The molecular weight excluding hydrogens is 160 g/mol. The van der Waals surface area contributed by atoms with Crippen LogP contribution in [0.5, 0.6) is 0 Å². The lowest BCUT2D eigenvalue weighted by atomic mass is 9.96. The highest BCUT2D eigenvalue weighted by Crippen LogP contribution is 2.25. The monoisotopic (exact) mass is 176 g/mol. The van der Waals surface area contributed by atoms with Crippen LogP contribution in [0.15, 0.2) is 0 Å². The minimum Gasteiger partial charge on any atom is -0.394 e. The summed E-state index contributed by atoms with van der Waals surface area (Å²) in [7, 11) is 1.56. The number of rotatable bonds is 2. The Balaban J connectivity index is 2.50. The molecule has 1 heterocycles. The van der Waals surface area contributed by atoms with Crippen molar-refractivity contribution in [3.05, 3.63) is 0 Å². The van der Waals surface area contributed by atoms with Gasteiger partial charge in [0.15, 0.2) is 6.29 Å². The first-order valence-corrected chi connectivity index (χ1v) is 4.16. The summed E-state index contributed by atoms with van der Waals surface area (Å²) >= 11 is 0. The van der Waals surface area contributed by atoms with E-state index in [0.717, 1.165) is 0 Å². The largest absolute Gasteiger partial charge is 0.394 e. The summed E-state index contributed by atoms with van der Waals surface area (Å²) in [4.78, 5) is 0. The fraction of sp³-hybridized carbons (Fsp3) is 1.00. The molecule has 1 saturated heterocycles. The van der Waals surface area contributed by atoms with Gasteiger partial charge >= 0.3 is 0 Å². The molecule has 0 aliphatic carbocycles. The van der Waals surface area contributed by atoms with Crippen LogP contribution in [-0.2, 0) is 9.47 Å². The number of hydrogen-bond donors (Lipinski definition) is 2. The van der Waals surface area contributed by atoms with E-state index in [2.05, 4.69) is 0 Å². The van der Waals surface area contributed by atoms with E-state index >= 15 is 0 Å². The second kappa shape index (κ2) is 4.18. The predicted octanol–water partition coefficient (Wildman–Crippen LogP) is -0.263. The number of hydrogen-bond acceptors (Lipinski definition) is 4. The van der Waals surface area contributed by atoms with Gasteiger partial charge in [0.05, 0.1) is 12.7 Å². The summed E-state index contributed by atoms with van der Waals surface area (Å²) in [6.45, 7) is 1.79. The Morgan fingerprint density at radius 1 is 1.58 bits per heavy atom. The van der Waals surface area contributed by atoms with Gasteiger partial charge in [-0.15, -0.1) is 0 Å². The van der Waals surface area contributed by atoms with Crippen molar-refractivity contribution in [2.75, 3.05) is 13.7 Å². The zero-order valence-corrected chi connectivity index (χ0v) is 7.43. The highest BCUT2D eigenvalue weighted by Gasteiger charge is 2.34. The van der Waals surface area contributed by atoms with Crippen LogP contribution in [-0.4, -0.2) is 42.4 Å². The van der Waals surface area contributed by atoms with Gasteiger partial charge in [0.25, 0.3) is 0 Å². The third kappa shape index (κ3) is 1.95. The number of ether oxygens (including phenoxy) is 2. The maximum Gasteiger partial charge on any atom is 0.160 e. The highest BCUT2D eigenvalue weighted by molar-refractivity contribution is 4.78. The zero-order valence-electron chi connectivity index (χ0n) is 7.43. The quantitative estimate of drug-likeness (QED) is 0.608. The molecule has 4 heteroatoms. The van der Waals surface area contributed by atoms with Gasteiger partial charge in [-0.3, -0.25) is 0 Å². The average Bonchev–Trinajstić information content (AvgIpc) is 2.05. The second-order valence-corrected chi connectivity index (χ2v) is 3.24. The molecule has 2 N–H and O–H groups in total. The van der Waals surface area contributed by atoms with E-state index in [-0.39, 0.29) is 18.8 Å². The summed E-state index contributed by atoms with van der Waals surface area (Å²) in [5.41, 5.74) is 0. The molecule has 0 saturated carbocycles. The fourth-order valence-corrected chi connectivity index (χ4v) is 1.49. The lowest BCUT2D eigenvalue weighted by molar-refractivity contribution is -0.242. The number of aliphatic hydroxyl groups is 2. The Labute approximate surface area is 72.1 Å². The first-order chi connectivity index (χ1) is 5.69. The van der Waals surface area contributed by atoms with E-state index in [1.54, 1.807) is 7.11 Å². The van der Waals surface area contributed by atoms with Crippen molar-refractivity contribution in [3.8, 4) is 0 Å². The number of aliphatic hydroxyl groups excluding tert-OH is 2. The van der Waals surface area contributed by atoms with E-state index in [1.165, 1.54) is 0 Å². The van der Waals surface area contributed by atoms with Crippen LogP contribution in [0.1, 0.15) is 13.3 Å². The summed E-state index contributed by atoms with van der Waals surface area (Å²) in [6, 6.07) is 0. The van der Waals surface area contributed by atoms with Crippen LogP contribution in [0.3, 0.4) is 0 Å². The molecule has 0 bridgehead atoms. The fourth-order valence-electron chi connectivity index (χ4n) is 1.49. The smallest absolute Gasteiger partial charge is 0.160 e. The van der Waals surface area contributed by atoms with Gasteiger partial charge in [0, 0.05) is 13.0 Å². The molecule has 0 aromatic rings. The van der Waals surface area contributed by atoms with Crippen LogP contribution in [0.4, 0.5) is 0 Å². The van der Waals surface area contributed by atoms with Crippen LogP contribution in [0.25, 0.3) is 0 Å². The van der Waals surface area contributed by atoms with Gasteiger partial charge in [-0.05, 0) is 6.42 Å². The van der Waals surface area contributed by atoms with Crippen LogP contribution in [0.2, 0.25) is 0 Å². The maximum atomic E-state index is 9.41. The van der Waals surface area contributed by atoms with Crippen LogP contribution < -0.4 is 0 Å². The summed E-state index contributed by atoms with van der Waals surface area (Å²) in [5.74, 6) is 0.174. The molecule has 12 heavy (non-hydrogen) atoms. The van der Waals surface area contributed by atoms with Gasteiger partial charge in [-0.2, -0.15) is 0 Å². The Morgan fingerprint density at radius 3 is 2.75 bits per heavy atom. The standard InChI is InChI=1S/C8H16O4/c1-5-3-6(10)7(4-9)12-8(5)11-2/h5-10H,3-4H2,1-2H3/t5-,6+,7-,8+/m1/s1. The molecule has 4 atom stereocenters. The molecule has 72 valence electrons. The molecule has 1 aliphatic heterocycles. The lowest BCUT2D eigenvalue weighted by Gasteiger charge is -2.36. The van der Waals surface area contributed by atoms with Gasteiger partial charge in [0.1, 0.15) is 6.10 Å². The molecule has 0 spiro atoms.